The van der Waals surface area contributed by atoms with Gasteiger partial charge in [0.1, 0.15) is 5.51 Å². The second kappa shape index (κ2) is 4.09. The van der Waals surface area contributed by atoms with Gasteiger partial charge in [0.05, 0.1) is 0 Å². The van der Waals surface area contributed by atoms with Crippen LogP contribution in [0.5, 0.6) is 0 Å². The molecule has 0 saturated heterocycles. The zero-order valence-electron chi connectivity index (χ0n) is 4.58. The molecule has 5 heteroatoms. The van der Waals surface area contributed by atoms with Crippen molar-refractivity contribution in [3.63, 3.8) is 0 Å². The Morgan fingerprint density at radius 3 is 3.22 bits per heavy atom. The molecule has 1 heterocycles. The second-order valence-electron chi connectivity index (χ2n) is 1.24. The van der Waals surface area contributed by atoms with Crippen LogP contribution in [0.1, 0.15) is 0 Å². The van der Waals surface area contributed by atoms with E-state index < -0.39 is 0 Å². The summed E-state index contributed by atoms with van der Waals surface area (Å²) in [4.78, 5) is 0. The Morgan fingerprint density at radius 2 is 2.67 bits per heavy atom. The van der Waals surface area contributed by atoms with Crippen LogP contribution in [0.25, 0.3) is 0 Å². The molecule has 0 radical (unpaired) electrons. The molecule has 50 valence electrons. The molecule has 0 amide bonds. The fourth-order valence-electron chi connectivity index (χ4n) is 0.352. The Labute approximate surface area is 66.6 Å². The molecule has 1 aromatic rings. The van der Waals surface area contributed by atoms with Gasteiger partial charge in [-0.15, -0.1) is 21.8 Å². The minimum atomic E-state index is 0.671. The van der Waals surface area contributed by atoms with Crippen molar-refractivity contribution in [2.45, 2.75) is 4.34 Å². The van der Waals surface area contributed by atoms with E-state index in [2.05, 4.69) is 10.2 Å². The van der Waals surface area contributed by atoms with Gasteiger partial charge in [0.25, 0.3) is 0 Å². The van der Waals surface area contributed by atoms with Gasteiger partial charge in [-0.25, -0.2) is 0 Å². The molecular weight excluding hydrogens is 176 g/mol. The van der Waals surface area contributed by atoms with Crippen molar-refractivity contribution in [3.05, 3.63) is 5.51 Å². The number of aromatic nitrogens is 2. The molecule has 2 nitrogen and oxygen atoms in total. The maximum absolute atomic E-state index is 5.45. The molecule has 0 bridgehead atoms. The summed E-state index contributed by atoms with van der Waals surface area (Å²) in [6.07, 6.45) is 0. The summed E-state index contributed by atoms with van der Waals surface area (Å²) in [5.74, 6) is 1.58. The van der Waals surface area contributed by atoms with Crippen molar-refractivity contribution in [1.82, 2.24) is 10.2 Å². The van der Waals surface area contributed by atoms with E-state index in [9.17, 15) is 0 Å². The van der Waals surface area contributed by atoms with Gasteiger partial charge in [-0.05, 0) is 0 Å². The van der Waals surface area contributed by atoms with E-state index in [1.807, 2.05) is 0 Å². The van der Waals surface area contributed by atoms with Gasteiger partial charge in [-0.2, -0.15) is 0 Å². The van der Waals surface area contributed by atoms with Crippen molar-refractivity contribution in [2.75, 3.05) is 11.6 Å². The Morgan fingerprint density at radius 1 is 1.78 bits per heavy atom. The van der Waals surface area contributed by atoms with Crippen LogP contribution in [0.2, 0.25) is 0 Å². The third-order valence-electron chi connectivity index (χ3n) is 0.643. The number of halogens is 1. The number of alkyl halides is 1. The monoisotopic (exact) mass is 180 g/mol. The fraction of sp³-hybridized carbons (Fsp3) is 0.500. The first-order valence-corrected chi connectivity index (χ1v) is 4.78. The van der Waals surface area contributed by atoms with Gasteiger partial charge in [0.15, 0.2) is 4.34 Å². The Balaban J connectivity index is 2.30. The van der Waals surface area contributed by atoms with Crippen LogP contribution in [0.15, 0.2) is 9.85 Å². The molecular formula is C4H5ClN2S2. The van der Waals surface area contributed by atoms with E-state index >= 15 is 0 Å². The van der Waals surface area contributed by atoms with Crippen LogP contribution in [0, 0.1) is 0 Å². The van der Waals surface area contributed by atoms with E-state index in [-0.39, 0.29) is 0 Å². The molecule has 0 atom stereocenters. The minimum Gasteiger partial charge on any atom is -0.146 e. The highest BCUT2D eigenvalue weighted by molar-refractivity contribution is 8.01. The molecule has 0 aliphatic rings. The van der Waals surface area contributed by atoms with Gasteiger partial charge >= 0.3 is 0 Å². The van der Waals surface area contributed by atoms with Crippen molar-refractivity contribution >= 4 is 34.7 Å². The molecule has 0 saturated carbocycles. The number of nitrogens with zero attached hydrogens (tertiary/aromatic N) is 2. The standard InChI is InChI=1S/C4H5ClN2S2/c5-1-2-8-4-7-6-3-9-4/h3H,1-2H2. The fourth-order valence-corrected chi connectivity index (χ4v) is 1.87. The minimum absolute atomic E-state index is 0.671. The van der Waals surface area contributed by atoms with Crippen LogP contribution in [-0.2, 0) is 0 Å². The molecule has 1 aromatic heterocycles. The van der Waals surface area contributed by atoms with E-state index in [1.165, 1.54) is 0 Å². The summed E-state index contributed by atoms with van der Waals surface area (Å²) in [7, 11) is 0. The summed E-state index contributed by atoms with van der Waals surface area (Å²) in [6, 6.07) is 0. The Kier molecular flexibility index (Phi) is 3.32. The molecule has 0 aliphatic carbocycles. The first-order valence-electron chi connectivity index (χ1n) is 2.38. The summed E-state index contributed by atoms with van der Waals surface area (Å²) >= 11 is 8.64. The third kappa shape index (κ3) is 2.51. The van der Waals surface area contributed by atoms with Crippen molar-refractivity contribution in [1.29, 1.82) is 0 Å². The van der Waals surface area contributed by atoms with E-state index in [4.69, 9.17) is 11.6 Å². The summed E-state index contributed by atoms with van der Waals surface area (Å²) in [5, 5.41) is 7.51. The zero-order valence-corrected chi connectivity index (χ0v) is 6.97. The molecule has 0 aliphatic heterocycles. The number of thioether (sulfide) groups is 1. The van der Waals surface area contributed by atoms with Gasteiger partial charge < -0.3 is 0 Å². The highest BCUT2D eigenvalue weighted by Crippen LogP contribution is 2.18. The average Bonchev–Trinajstić information content (AvgIpc) is 2.34. The summed E-state index contributed by atoms with van der Waals surface area (Å²) in [5.41, 5.74) is 1.72. The smallest absolute Gasteiger partial charge is 0.146 e. The first kappa shape index (κ1) is 7.31. The van der Waals surface area contributed by atoms with Crippen molar-refractivity contribution < 1.29 is 0 Å². The van der Waals surface area contributed by atoms with Crippen LogP contribution in [0.3, 0.4) is 0 Å². The van der Waals surface area contributed by atoms with Gasteiger partial charge in [-0.3, -0.25) is 0 Å². The third-order valence-corrected chi connectivity index (χ3v) is 2.92. The van der Waals surface area contributed by atoms with E-state index in [1.54, 1.807) is 28.6 Å². The van der Waals surface area contributed by atoms with Crippen molar-refractivity contribution in [2.24, 2.45) is 0 Å². The van der Waals surface area contributed by atoms with Crippen LogP contribution >= 0.6 is 34.7 Å². The lowest BCUT2D eigenvalue weighted by Gasteiger charge is -1.86. The van der Waals surface area contributed by atoms with Crippen LogP contribution < -0.4 is 0 Å². The number of hydrogen-bond donors (Lipinski definition) is 0. The molecule has 1 rings (SSSR count). The maximum atomic E-state index is 5.45. The quantitative estimate of drug-likeness (QED) is 0.525. The molecule has 0 N–H and O–H groups in total. The molecule has 0 fully saturated rings. The van der Waals surface area contributed by atoms with Crippen molar-refractivity contribution in [3.8, 4) is 0 Å². The topological polar surface area (TPSA) is 25.8 Å². The lowest BCUT2D eigenvalue weighted by Crippen LogP contribution is -1.77. The SMILES string of the molecule is ClCCSc1nncs1. The Bertz CT molecular complexity index is 154. The van der Waals surface area contributed by atoms with E-state index in [0.29, 0.717) is 5.88 Å². The highest BCUT2D eigenvalue weighted by Gasteiger charge is 1.93. The van der Waals surface area contributed by atoms with Crippen LogP contribution in [-0.4, -0.2) is 21.8 Å². The molecule has 0 aromatic carbocycles. The second-order valence-corrected chi connectivity index (χ2v) is 3.80. The van der Waals surface area contributed by atoms with Gasteiger partial charge in [-0.1, -0.05) is 23.1 Å². The Hall–Kier alpha value is 0.200. The normalized spacial score (nSPS) is 9.89. The summed E-state index contributed by atoms with van der Waals surface area (Å²) in [6.45, 7) is 0. The largest absolute Gasteiger partial charge is 0.174 e. The van der Waals surface area contributed by atoms with Crippen LogP contribution in [0.4, 0.5) is 0 Å². The predicted octanol–water partition coefficient (Wildman–Crippen LogP) is 1.87. The summed E-state index contributed by atoms with van der Waals surface area (Å²) < 4.78 is 0.996. The average molecular weight is 181 g/mol. The van der Waals surface area contributed by atoms with Gasteiger partial charge in [0, 0.05) is 11.6 Å². The first-order chi connectivity index (χ1) is 4.43. The predicted molar refractivity (Wildman–Crippen MR) is 41.4 cm³/mol. The lowest BCUT2D eigenvalue weighted by molar-refractivity contribution is 1.01. The number of rotatable bonds is 3. The van der Waals surface area contributed by atoms with E-state index in [0.717, 1.165) is 10.1 Å². The molecule has 9 heavy (non-hydrogen) atoms. The zero-order chi connectivity index (χ0) is 6.53. The molecule has 0 spiro atoms. The van der Waals surface area contributed by atoms with Gasteiger partial charge in [0.2, 0.25) is 0 Å². The number of hydrogen-bond acceptors (Lipinski definition) is 4. The molecule has 0 unspecified atom stereocenters. The lowest BCUT2D eigenvalue weighted by atomic mass is 11.0. The maximum Gasteiger partial charge on any atom is 0.174 e. The highest BCUT2D eigenvalue weighted by atomic mass is 35.5.